The van der Waals surface area contributed by atoms with E-state index in [4.69, 9.17) is 9.47 Å². The Bertz CT molecular complexity index is 1750. The molecule has 0 spiro atoms. The fourth-order valence-corrected chi connectivity index (χ4v) is 5.90. The van der Waals surface area contributed by atoms with Gasteiger partial charge in [0.1, 0.15) is 0 Å². The number of ether oxygens (including phenoxy) is 2. The van der Waals surface area contributed by atoms with E-state index in [-0.39, 0.29) is 10.5 Å². The molecule has 3 heterocycles. The van der Waals surface area contributed by atoms with Crippen LogP contribution in [0.1, 0.15) is 11.1 Å². The zero-order valence-electron chi connectivity index (χ0n) is 20.1. The van der Waals surface area contributed by atoms with Crippen LogP contribution in [0.15, 0.2) is 71.0 Å². The van der Waals surface area contributed by atoms with Crippen LogP contribution in [0.5, 0.6) is 11.5 Å². The predicted molar refractivity (Wildman–Crippen MR) is 138 cm³/mol. The fourth-order valence-electron chi connectivity index (χ4n) is 4.43. The minimum atomic E-state index is -4.06. The third-order valence-corrected chi connectivity index (χ3v) is 7.94. The van der Waals surface area contributed by atoms with Crippen LogP contribution in [0.25, 0.3) is 33.2 Å². The van der Waals surface area contributed by atoms with E-state index >= 15 is 0 Å². The average molecular weight is 505 g/mol. The molecule has 1 N–H and O–H groups in total. The van der Waals surface area contributed by atoms with Crippen molar-refractivity contribution in [3.63, 3.8) is 0 Å². The topological polar surface area (TPSA) is 108 Å². The molecule has 0 atom stereocenters. The molecule has 2 aromatic carbocycles. The van der Waals surface area contributed by atoms with Gasteiger partial charge in [-0.25, -0.2) is 17.4 Å². The Hall–Kier alpha value is -4.31. The van der Waals surface area contributed by atoms with Gasteiger partial charge in [0, 0.05) is 47.4 Å². The first-order chi connectivity index (χ1) is 17.3. The number of hydrogen-bond donors (Lipinski definition) is 1. The minimum absolute atomic E-state index is 0.134. The minimum Gasteiger partial charge on any atom is -0.493 e. The fraction of sp³-hybridized carbons (Fsp3) is 0.154. The Kier molecular flexibility index (Phi) is 5.68. The number of fused-ring (bicyclic) bond motifs is 2. The quantitative estimate of drug-likeness (QED) is 0.206. The lowest BCUT2D eigenvalue weighted by Crippen LogP contribution is -2.14. The summed E-state index contributed by atoms with van der Waals surface area (Å²) in [5, 5.41) is 13.6. The second-order valence-corrected chi connectivity index (χ2v) is 10.2. The number of hydrogen-bond acceptors (Lipinski definition) is 7. The van der Waals surface area contributed by atoms with Crippen molar-refractivity contribution in [1.82, 2.24) is 13.5 Å². The molecule has 0 aliphatic rings. The normalized spacial score (nSPS) is 12.1. The summed E-state index contributed by atoms with van der Waals surface area (Å²) in [4.78, 5) is 4.55. The SMILES string of the molecule is COc1cc2c(-c3cc4c(C=NO)ccnc4n3S(=O)(=O)c3ccc(C)cc3)cn(C)c2cc1OC. The number of oxime groups is 1. The van der Waals surface area contributed by atoms with Gasteiger partial charge in [0.2, 0.25) is 0 Å². The number of aryl methyl sites for hydroxylation is 2. The molecule has 10 heteroatoms. The van der Waals surface area contributed by atoms with Gasteiger partial charge in [-0.15, -0.1) is 0 Å². The van der Waals surface area contributed by atoms with E-state index in [9.17, 15) is 13.6 Å². The highest BCUT2D eigenvalue weighted by atomic mass is 32.2. The van der Waals surface area contributed by atoms with Gasteiger partial charge >= 0.3 is 0 Å². The Balaban J connectivity index is 1.90. The zero-order chi connectivity index (χ0) is 25.6. The van der Waals surface area contributed by atoms with Crippen molar-refractivity contribution >= 4 is 38.2 Å². The maximum absolute atomic E-state index is 14.0. The van der Waals surface area contributed by atoms with Crippen LogP contribution in [-0.4, -0.2) is 47.6 Å². The molecule has 0 aliphatic heterocycles. The Morgan fingerprint density at radius 3 is 2.36 bits per heavy atom. The second-order valence-electron chi connectivity index (χ2n) is 8.37. The smallest absolute Gasteiger partial charge is 0.269 e. The zero-order valence-corrected chi connectivity index (χ0v) is 20.9. The highest BCUT2D eigenvalue weighted by molar-refractivity contribution is 7.90. The largest absolute Gasteiger partial charge is 0.493 e. The molecule has 0 radical (unpaired) electrons. The van der Waals surface area contributed by atoms with Crippen LogP contribution < -0.4 is 9.47 Å². The molecule has 5 aromatic rings. The Labute approximate surface area is 207 Å². The Morgan fingerprint density at radius 1 is 1.00 bits per heavy atom. The maximum atomic E-state index is 14.0. The first kappa shape index (κ1) is 23.4. The van der Waals surface area contributed by atoms with Crippen LogP contribution in [0.2, 0.25) is 0 Å². The molecule has 9 nitrogen and oxygen atoms in total. The Morgan fingerprint density at radius 2 is 1.69 bits per heavy atom. The molecule has 0 saturated carbocycles. The summed E-state index contributed by atoms with van der Waals surface area (Å²) in [5.41, 5.74) is 3.60. The molecular weight excluding hydrogens is 480 g/mol. The third kappa shape index (κ3) is 3.57. The highest BCUT2D eigenvalue weighted by Crippen LogP contribution is 2.41. The van der Waals surface area contributed by atoms with E-state index in [0.717, 1.165) is 16.5 Å². The van der Waals surface area contributed by atoms with Crippen molar-refractivity contribution in [2.24, 2.45) is 12.2 Å². The predicted octanol–water partition coefficient (Wildman–Crippen LogP) is 4.57. The molecule has 0 saturated heterocycles. The van der Waals surface area contributed by atoms with Crippen LogP contribution in [0, 0.1) is 6.92 Å². The van der Waals surface area contributed by atoms with Gasteiger partial charge < -0.3 is 19.2 Å². The van der Waals surface area contributed by atoms with Crippen LogP contribution in [-0.2, 0) is 17.1 Å². The van der Waals surface area contributed by atoms with Gasteiger partial charge in [0.05, 0.1) is 36.5 Å². The van der Waals surface area contributed by atoms with Crippen molar-refractivity contribution in [3.8, 4) is 22.8 Å². The molecule has 0 aliphatic carbocycles. The maximum Gasteiger partial charge on any atom is 0.269 e. The lowest BCUT2D eigenvalue weighted by atomic mass is 10.1. The number of benzene rings is 2. The molecular formula is C26H24N4O5S. The molecule has 0 bridgehead atoms. The van der Waals surface area contributed by atoms with Crippen molar-refractivity contribution in [1.29, 1.82) is 0 Å². The van der Waals surface area contributed by atoms with Gasteiger partial charge in [-0.3, -0.25) is 0 Å². The molecule has 184 valence electrons. The number of aromatic nitrogens is 3. The summed E-state index contributed by atoms with van der Waals surface area (Å²) in [7, 11) is 0.937. The van der Waals surface area contributed by atoms with Crippen LogP contribution in [0.4, 0.5) is 0 Å². The molecule has 5 rings (SSSR count). The van der Waals surface area contributed by atoms with Crippen LogP contribution in [0.3, 0.4) is 0 Å². The van der Waals surface area contributed by atoms with Gasteiger partial charge in [-0.2, -0.15) is 0 Å². The summed E-state index contributed by atoms with van der Waals surface area (Å²) in [6.45, 7) is 1.90. The van der Waals surface area contributed by atoms with Crippen molar-refractivity contribution in [2.45, 2.75) is 11.8 Å². The summed E-state index contributed by atoms with van der Waals surface area (Å²) in [6, 6.07) is 13.7. The van der Waals surface area contributed by atoms with E-state index < -0.39 is 10.0 Å². The third-order valence-electron chi connectivity index (χ3n) is 6.22. The molecule has 3 aromatic heterocycles. The average Bonchev–Trinajstić information content (AvgIpc) is 3.42. The van der Waals surface area contributed by atoms with E-state index in [2.05, 4.69) is 10.1 Å². The molecule has 36 heavy (non-hydrogen) atoms. The van der Waals surface area contributed by atoms with Crippen LogP contribution >= 0.6 is 0 Å². The number of pyridine rings is 1. The monoisotopic (exact) mass is 504 g/mol. The lowest BCUT2D eigenvalue weighted by molar-refractivity contribution is 0.322. The summed E-state index contributed by atoms with van der Waals surface area (Å²) in [5.74, 6) is 1.08. The van der Waals surface area contributed by atoms with E-state index in [1.807, 2.05) is 36.9 Å². The van der Waals surface area contributed by atoms with Crippen molar-refractivity contribution in [2.75, 3.05) is 14.2 Å². The lowest BCUT2D eigenvalue weighted by Gasteiger charge is -2.12. The second kappa shape index (κ2) is 8.72. The first-order valence-corrected chi connectivity index (χ1v) is 12.5. The standard InChI is InChI=1S/C26H24N4O5S/c1-16-5-7-18(8-6-16)36(32,33)30-23(11-19-17(14-28-31)9-10-27-26(19)30)21-15-29(2)22-13-25(35-4)24(34-3)12-20(21)22/h5-15,31H,1-4H3. The van der Waals surface area contributed by atoms with Crippen molar-refractivity contribution in [3.05, 3.63) is 72.1 Å². The first-order valence-electron chi connectivity index (χ1n) is 11.0. The molecule has 0 amide bonds. The number of nitrogens with zero attached hydrogens (tertiary/aromatic N) is 4. The van der Waals surface area contributed by atoms with E-state index in [0.29, 0.717) is 33.7 Å². The summed E-state index contributed by atoms with van der Waals surface area (Å²) >= 11 is 0. The van der Waals surface area contributed by atoms with Gasteiger partial charge in [-0.05, 0) is 37.3 Å². The summed E-state index contributed by atoms with van der Waals surface area (Å²) in [6.07, 6.45) is 4.60. The van der Waals surface area contributed by atoms with Gasteiger partial charge in [0.25, 0.3) is 10.0 Å². The van der Waals surface area contributed by atoms with Gasteiger partial charge in [-0.1, -0.05) is 22.9 Å². The van der Waals surface area contributed by atoms with E-state index in [1.165, 1.54) is 16.4 Å². The number of methoxy groups -OCH3 is 2. The summed E-state index contributed by atoms with van der Waals surface area (Å²) < 4.78 is 42.2. The van der Waals surface area contributed by atoms with E-state index in [1.54, 1.807) is 50.6 Å². The number of rotatable bonds is 6. The van der Waals surface area contributed by atoms with Gasteiger partial charge in [0.15, 0.2) is 17.1 Å². The highest BCUT2D eigenvalue weighted by Gasteiger charge is 2.27. The molecule has 0 fully saturated rings. The molecule has 0 unspecified atom stereocenters. The van der Waals surface area contributed by atoms with Crippen molar-refractivity contribution < 1.29 is 23.1 Å².